The van der Waals surface area contributed by atoms with Gasteiger partial charge in [0, 0.05) is 19.0 Å². The Hall–Kier alpha value is -1.56. The van der Waals surface area contributed by atoms with Crippen LogP contribution >= 0.6 is 0 Å². The third kappa shape index (κ3) is 6.60. The molecule has 1 aromatic carbocycles. The quantitative estimate of drug-likeness (QED) is 0.752. The minimum absolute atomic E-state index is 0.0239. The van der Waals surface area contributed by atoms with E-state index < -0.39 is 10.0 Å². The summed E-state index contributed by atoms with van der Waals surface area (Å²) in [6, 6.07) is 7.53. The van der Waals surface area contributed by atoms with Crippen molar-refractivity contribution in [1.82, 2.24) is 5.32 Å². The number of sulfonamides is 1. The molecule has 0 heterocycles. The molecule has 1 aromatic rings. The molecule has 0 aliphatic rings. The van der Waals surface area contributed by atoms with E-state index in [4.69, 9.17) is 0 Å². The van der Waals surface area contributed by atoms with Crippen LogP contribution in [-0.2, 0) is 14.8 Å². The van der Waals surface area contributed by atoms with Crippen LogP contribution in [0.1, 0.15) is 45.1 Å². The predicted molar refractivity (Wildman–Crippen MR) is 95.1 cm³/mol. The maximum Gasteiger partial charge on any atom is 0.232 e. The van der Waals surface area contributed by atoms with Crippen LogP contribution in [0.25, 0.3) is 0 Å². The summed E-state index contributed by atoms with van der Waals surface area (Å²) in [5.74, 6) is -0.0239. The van der Waals surface area contributed by atoms with Crippen LogP contribution in [0.5, 0.6) is 0 Å². The molecule has 130 valence electrons. The van der Waals surface area contributed by atoms with E-state index in [1.807, 2.05) is 32.0 Å². The summed E-state index contributed by atoms with van der Waals surface area (Å²) >= 11 is 0. The highest BCUT2D eigenvalue weighted by Gasteiger charge is 2.19. The summed E-state index contributed by atoms with van der Waals surface area (Å²) in [5, 5.41) is 2.94. The number of carbonyl (C=O) groups is 1. The molecule has 1 atom stereocenters. The Morgan fingerprint density at radius 2 is 1.96 bits per heavy atom. The third-order valence-corrected chi connectivity index (χ3v) is 4.86. The molecule has 0 aliphatic carbocycles. The molecular formula is C17H28N2O3S. The Labute approximate surface area is 140 Å². The van der Waals surface area contributed by atoms with Crippen molar-refractivity contribution >= 4 is 21.6 Å². The van der Waals surface area contributed by atoms with Crippen molar-refractivity contribution in [2.24, 2.45) is 0 Å². The largest absolute Gasteiger partial charge is 0.354 e. The molecule has 0 bridgehead atoms. The van der Waals surface area contributed by atoms with E-state index >= 15 is 0 Å². The minimum Gasteiger partial charge on any atom is -0.354 e. The number of nitrogens with zero attached hydrogens (tertiary/aromatic N) is 1. The highest BCUT2D eigenvalue weighted by molar-refractivity contribution is 7.92. The number of nitrogens with one attached hydrogen (secondary N) is 1. The van der Waals surface area contributed by atoms with Crippen molar-refractivity contribution in [3.63, 3.8) is 0 Å². The van der Waals surface area contributed by atoms with Gasteiger partial charge in [0.15, 0.2) is 0 Å². The van der Waals surface area contributed by atoms with Gasteiger partial charge in [-0.05, 0) is 38.3 Å². The molecule has 0 radical (unpaired) electrons. The maximum absolute atomic E-state index is 12.0. The number of carbonyl (C=O) groups excluding carboxylic acids is 1. The predicted octanol–water partition coefficient (Wildman–Crippen LogP) is 2.85. The number of benzene rings is 1. The molecule has 0 aromatic heterocycles. The number of hydrogen-bond donors (Lipinski definition) is 1. The van der Waals surface area contributed by atoms with Crippen LogP contribution in [0.4, 0.5) is 5.69 Å². The Morgan fingerprint density at radius 3 is 2.52 bits per heavy atom. The zero-order chi connectivity index (χ0) is 17.5. The average Bonchev–Trinajstić information content (AvgIpc) is 2.43. The van der Waals surface area contributed by atoms with Crippen molar-refractivity contribution in [3.05, 3.63) is 29.8 Å². The summed E-state index contributed by atoms with van der Waals surface area (Å²) in [7, 11) is -3.37. The Kier molecular flexibility index (Phi) is 7.55. The fourth-order valence-electron chi connectivity index (χ4n) is 2.54. The monoisotopic (exact) mass is 340 g/mol. The molecule has 0 fully saturated rings. The third-order valence-electron chi connectivity index (χ3n) is 3.68. The Bertz CT molecular complexity index is 614. The van der Waals surface area contributed by atoms with E-state index in [9.17, 15) is 13.2 Å². The second kappa shape index (κ2) is 8.91. The van der Waals surface area contributed by atoms with Crippen LogP contribution in [0.2, 0.25) is 0 Å². The summed E-state index contributed by atoms with van der Waals surface area (Å²) in [6.07, 6.45) is 3.99. The highest BCUT2D eigenvalue weighted by atomic mass is 32.2. The van der Waals surface area contributed by atoms with Gasteiger partial charge in [0.1, 0.15) is 0 Å². The van der Waals surface area contributed by atoms with Crippen LogP contribution in [0.3, 0.4) is 0 Å². The average molecular weight is 340 g/mol. The molecule has 1 N–H and O–H groups in total. The first kappa shape index (κ1) is 19.5. The van der Waals surface area contributed by atoms with Crippen molar-refractivity contribution < 1.29 is 13.2 Å². The first-order chi connectivity index (χ1) is 10.8. The standard InChI is InChI=1S/C17H28N2O3S/c1-5-9-15(3)18-17(20)12-8-13-19(23(4,21)22)16-11-7-6-10-14(16)2/h6-7,10-11,15H,5,8-9,12-13H2,1-4H3,(H,18,20)/t15-/m0/s1. The van der Waals surface area contributed by atoms with Gasteiger partial charge in [-0.1, -0.05) is 31.5 Å². The van der Waals surface area contributed by atoms with E-state index in [1.54, 1.807) is 6.07 Å². The first-order valence-electron chi connectivity index (χ1n) is 8.08. The van der Waals surface area contributed by atoms with Crippen LogP contribution in [-0.4, -0.2) is 33.2 Å². The zero-order valence-corrected chi connectivity index (χ0v) is 15.3. The number of aryl methyl sites for hydroxylation is 1. The number of amides is 1. The van der Waals surface area contributed by atoms with Crippen molar-refractivity contribution in [1.29, 1.82) is 0 Å². The molecule has 6 heteroatoms. The van der Waals surface area contributed by atoms with Gasteiger partial charge in [-0.3, -0.25) is 9.10 Å². The molecule has 23 heavy (non-hydrogen) atoms. The SMILES string of the molecule is CCC[C@H](C)NC(=O)CCCN(c1ccccc1C)S(C)(=O)=O. The van der Waals surface area contributed by atoms with Gasteiger partial charge in [0.25, 0.3) is 0 Å². The first-order valence-corrected chi connectivity index (χ1v) is 9.93. The van der Waals surface area contributed by atoms with Gasteiger partial charge in [-0.25, -0.2) is 8.42 Å². The fourth-order valence-corrected chi connectivity index (χ4v) is 3.57. The lowest BCUT2D eigenvalue weighted by molar-refractivity contribution is -0.121. The van der Waals surface area contributed by atoms with Gasteiger partial charge in [-0.15, -0.1) is 0 Å². The van der Waals surface area contributed by atoms with Gasteiger partial charge >= 0.3 is 0 Å². The lowest BCUT2D eigenvalue weighted by atomic mass is 10.2. The van der Waals surface area contributed by atoms with E-state index in [0.717, 1.165) is 18.4 Å². The van der Waals surface area contributed by atoms with Crippen LogP contribution in [0, 0.1) is 6.92 Å². The second-order valence-corrected chi connectivity index (χ2v) is 7.89. The lowest BCUT2D eigenvalue weighted by Crippen LogP contribution is -2.34. The molecule has 5 nitrogen and oxygen atoms in total. The maximum atomic E-state index is 12.0. The summed E-state index contributed by atoms with van der Waals surface area (Å²) < 4.78 is 25.5. The number of hydrogen-bond acceptors (Lipinski definition) is 3. The zero-order valence-electron chi connectivity index (χ0n) is 14.5. The van der Waals surface area contributed by atoms with E-state index in [1.165, 1.54) is 10.6 Å². The number of para-hydroxylation sites is 1. The summed E-state index contributed by atoms with van der Waals surface area (Å²) in [6.45, 7) is 6.25. The minimum atomic E-state index is -3.37. The smallest absolute Gasteiger partial charge is 0.232 e. The van der Waals surface area contributed by atoms with Crippen molar-refractivity contribution in [2.75, 3.05) is 17.1 Å². The molecule has 0 unspecified atom stereocenters. The van der Waals surface area contributed by atoms with Crippen LogP contribution < -0.4 is 9.62 Å². The Morgan fingerprint density at radius 1 is 1.30 bits per heavy atom. The normalized spacial score (nSPS) is 12.7. The lowest BCUT2D eigenvalue weighted by Gasteiger charge is -2.24. The second-order valence-electron chi connectivity index (χ2n) is 5.98. The molecule has 1 rings (SSSR count). The van der Waals surface area contributed by atoms with Crippen molar-refractivity contribution in [2.45, 2.75) is 52.5 Å². The van der Waals surface area contributed by atoms with Crippen molar-refractivity contribution in [3.8, 4) is 0 Å². The molecule has 1 amide bonds. The molecule has 0 saturated carbocycles. The van der Waals surface area contributed by atoms with Crippen LogP contribution in [0.15, 0.2) is 24.3 Å². The highest BCUT2D eigenvalue weighted by Crippen LogP contribution is 2.22. The van der Waals surface area contributed by atoms with Gasteiger partial charge in [0.2, 0.25) is 15.9 Å². The Balaban J connectivity index is 2.64. The molecule has 0 saturated heterocycles. The number of rotatable bonds is 9. The van der Waals surface area contributed by atoms with E-state index in [2.05, 4.69) is 12.2 Å². The summed E-state index contributed by atoms with van der Waals surface area (Å²) in [5.41, 5.74) is 1.58. The van der Waals surface area contributed by atoms with E-state index in [-0.39, 0.29) is 11.9 Å². The molecule has 0 aliphatic heterocycles. The summed E-state index contributed by atoms with van der Waals surface area (Å²) in [4.78, 5) is 11.9. The van der Waals surface area contributed by atoms with Gasteiger partial charge in [-0.2, -0.15) is 0 Å². The fraction of sp³-hybridized carbons (Fsp3) is 0.588. The topological polar surface area (TPSA) is 66.5 Å². The molecular weight excluding hydrogens is 312 g/mol. The van der Waals surface area contributed by atoms with E-state index in [0.29, 0.717) is 25.1 Å². The number of anilines is 1. The molecule has 0 spiro atoms. The van der Waals surface area contributed by atoms with Gasteiger partial charge in [0.05, 0.1) is 11.9 Å². The van der Waals surface area contributed by atoms with Gasteiger partial charge < -0.3 is 5.32 Å².